The van der Waals surface area contributed by atoms with E-state index in [2.05, 4.69) is 24.2 Å². The van der Waals surface area contributed by atoms with Crippen LogP contribution in [-0.2, 0) is 0 Å². The van der Waals surface area contributed by atoms with E-state index < -0.39 is 0 Å². The zero-order valence-electron chi connectivity index (χ0n) is 9.89. The van der Waals surface area contributed by atoms with Crippen LogP contribution in [-0.4, -0.2) is 38.1 Å². The van der Waals surface area contributed by atoms with Crippen molar-refractivity contribution in [2.24, 2.45) is 5.92 Å². The summed E-state index contributed by atoms with van der Waals surface area (Å²) in [7, 11) is 2.24. The molecule has 84 valence electrons. The van der Waals surface area contributed by atoms with Gasteiger partial charge in [-0.25, -0.2) is 0 Å². The predicted molar refractivity (Wildman–Crippen MR) is 62.6 cm³/mol. The first-order valence-electron chi connectivity index (χ1n) is 6.22. The van der Waals surface area contributed by atoms with Gasteiger partial charge in [-0.3, -0.25) is 0 Å². The highest BCUT2D eigenvalue weighted by Crippen LogP contribution is 2.13. The molecule has 1 saturated heterocycles. The van der Waals surface area contributed by atoms with Gasteiger partial charge in [-0.05, 0) is 51.9 Å². The number of likely N-dealkylation sites (tertiary alicyclic amines) is 1. The van der Waals surface area contributed by atoms with Gasteiger partial charge in [-0.1, -0.05) is 19.8 Å². The molecule has 1 aliphatic heterocycles. The first-order chi connectivity index (χ1) is 6.83. The Morgan fingerprint density at radius 2 is 2.21 bits per heavy atom. The summed E-state index contributed by atoms with van der Waals surface area (Å²) in [6.45, 7) is 7.30. The normalized spacial score (nSPS) is 24.0. The third-order valence-electron chi connectivity index (χ3n) is 3.11. The van der Waals surface area contributed by atoms with Crippen molar-refractivity contribution in [3.8, 4) is 0 Å². The summed E-state index contributed by atoms with van der Waals surface area (Å²) in [4.78, 5) is 2.46. The quantitative estimate of drug-likeness (QED) is 0.658. The molecule has 0 spiro atoms. The third kappa shape index (κ3) is 4.97. The molecule has 0 saturated carbocycles. The van der Waals surface area contributed by atoms with Gasteiger partial charge in [0, 0.05) is 6.54 Å². The molecule has 0 aromatic carbocycles. The second-order valence-electron chi connectivity index (χ2n) is 4.68. The van der Waals surface area contributed by atoms with Crippen LogP contribution < -0.4 is 5.32 Å². The van der Waals surface area contributed by atoms with E-state index >= 15 is 0 Å². The second kappa shape index (κ2) is 7.24. The maximum absolute atomic E-state index is 3.58. The molecule has 14 heavy (non-hydrogen) atoms. The topological polar surface area (TPSA) is 15.3 Å². The molecule has 0 amide bonds. The Bertz CT molecular complexity index is 136. The largest absolute Gasteiger partial charge is 0.316 e. The monoisotopic (exact) mass is 198 g/mol. The van der Waals surface area contributed by atoms with E-state index in [1.54, 1.807) is 0 Å². The smallest absolute Gasteiger partial charge is 0.00187 e. The number of unbranched alkanes of at least 4 members (excludes halogenated alkanes) is 2. The highest BCUT2D eigenvalue weighted by molar-refractivity contribution is 4.72. The molecule has 1 heterocycles. The summed E-state index contributed by atoms with van der Waals surface area (Å²) in [5.74, 6) is 0.898. The molecule has 0 radical (unpaired) electrons. The van der Waals surface area contributed by atoms with Crippen LogP contribution in [0.5, 0.6) is 0 Å². The van der Waals surface area contributed by atoms with Crippen LogP contribution >= 0.6 is 0 Å². The van der Waals surface area contributed by atoms with Crippen molar-refractivity contribution in [1.82, 2.24) is 10.2 Å². The number of hydrogen-bond donors (Lipinski definition) is 1. The maximum atomic E-state index is 3.58. The van der Waals surface area contributed by atoms with Crippen molar-refractivity contribution in [3.63, 3.8) is 0 Å². The van der Waals surface area contributed by atoms with E-state index in [0.717, 1.165) is 5.92 Å². The molecule has 0 aromatic rings. The molecule has 0 bridgehead atoms. The van der Waals surface area contributed by atoms with Crippen LogP contribution in [0.4, 0.5) is 0 Å². The number of nitrogens with zero attached hydrogens (tertiary/aromatic N) is 1. The lowest BCUT2D eigenvalue weighted by atomic mass is 9.98. The van der Waals surface area contributed by atoms with Crippen LogP contribution in [0.2, 0.25) is 0 Å². The molecular weight excluding hydrogens is 172 g/mol. The summed E-state index contributed by atoms with van der Waals surface area (Å²) in [5.41, 5.74) is 0. The Labute approximate surface area is 89.1 Å². The molecule has 1 unspecified atom stereocenters. The average molecular weight is 198 g/mol. The number of hydrogen-bond acceptors (Lipinski definition) is 2. The molecule has 0 aliphatic carbocycles. The number of piperidine rings is 1. The molecule has 1 atom stereocenters. The zero-order valence-corrected chi connectivity index (χ0v) is 9.89. The van der Waals surface area contributed by atoms with E-state index in [1.807, 2.05) is 0 Å². The Hall–Kier alpha value is -0.0800. The van der Waals surface area contributed by atoms with Crippen LogP contribution in [0.1, 0.15) is 39.0 Å². The minimum absolute atomic E-state index is 0.898. The van der Waals surface area contributed by atoms with Crippen molar-refractivity contribution >= 4 is 0 Å². The van der Waals surface area contributed by atoms with E-state index in [1.165, 1.54) is 58.3 Å². The highest BCUT2D eigenvalue weighted by Gasteiger charge is 2.15. The summed E-state index contributed by atoms with van der Waals surface area (Å²) >= 11 is 0. The van der Waals surface area contributed by atoms with Gasteiger partial charge < -0.3 is 10.2 Å². The fraction of sp³-hybridized carbons (Fsp3) is 1.00. The van der Waals surface area contributed by atoms with Gasteiger partial charge in [0.1, 0.15) is 0 Å². The molecule has 2 nitrogen and oxygen atoms in total. The number of nitrogens with one attached hydrogen (secondary N) is 1. The van der Waals surface area contributed by atoms with Crippen LogP contribution in [0, 0.1) is 5.92 Å². The highest BCUT2D eigenvalue weighted by atomic mass is 15.1. The molecule has 2 heteroatoms. The van der Waals surface area contributed by atoms with Crippen molar-refractivity contribution in [3.05, 3.63) is 0 Å². The molecule has 0 aromatic heterocycles. The first kappa shape index (κ1) is 12.0. The lowest BCUT2D eigenvalue weighted by molar-refractivity contribution is 0.206. The minimum Gasteiger partial charge on any atom is -0.316 e. The van der Waals surface area contributed by atoms with Crippen LogP contribution in [0.3, 0.4) is 0 Å². The molecular formula is C12H26N2. The fourth-order valence-corrected chi connectivity index (χ4v) is 2.25. The van der Waals surface area contributed by atoms with E-state index in [0.29, 0.717) is 0 Å². The Morgan fingerprint density at radius 3 is 2.93 bits per heavy atom. The van der Waals surface area contributed by atoms with E-state index in [-0.39, 0.29) is 0 Å². The zero-order chi connectivity index (χ0) is 10.2. The van der Waals surface area contributed by atoms with Gasteiger partial charge >= 0.3 is 0 Å². The van der Waals surface area contributed by atoms with Gasteiger partial charge in [-0.2, -0.15) is 0 Å². The Balaban J connectivity index is 1.95. The predicted octanol–water partition coefficient (Wildman–Crippen LogP) is 2.11. The fourth-order valence-electron chi connectivity index (χ4n) is 2.25. The van der Waals surface area contributed by atoms with Crippen LogP contribution in [0.15, 0.2) is 0 Å². The summed E-state index contributed by atoms with van der Waals surface area (Å²) in [6.07, 6.45) is 6.85. The standard InChI is InChI=1S/C12H26N2/c1-3-4-5-8-13-10-12-7-6-9-14(2)11-12/h12-13H,3-11H2,1-2H3. The van der Waals surface area contributed by atoms with Crippen molar-refractivity contribution in [2.75, 3.05) is 33.2 Å². The van der Waals surface area contributed by atoms with Gasteiger partial charge in [0.25, 0.3) is 0 Å². The van der Waals surface area contributed by atoms with Crippen molar-refractivity contribution < 1.29 is 0 Å². The molecule has 1 rings (SSSR count). The summed E-state index contributed by atoms with van der Waals surface area (Å²) in [5, 5.41) is 3.58. The van der Waals surface area contributed by atoms with Crippen LogP contribution in [0.25, 0.3) is 0 Å². The number of rotatable bonds is 6. The second-order valence-corrected chi connectivity index (χ2v) is 4.68. The van der Waals surface area contributed by atoms with Gasteiger partial charge in [0.15, 0.2) is 0 Å². The Kier molecular flexibility index (Phi) is 6.20. The lowest BCUT2D eigenvalue weighted by Crippen LogP contribution is -2.37. The lowest BCUT2D eigenvalue weighted by Gasteiger charge is -2.29. The maximum Gasteiger partial charge on any atom is 0.00187 e. The van der Waals surface area contributed by atoms with Gasteiger partial charge in [0.2, 0.25) is 0 Å². The SMILES string of the molecule is CCCCCNCC1CCCN(C)C1. The Morgan fingerprint density at radius 1 is 1.36 bits per heavy atom. The third-order valence-corrected chi connectivity index (χ3v) is 3.11. The minimum atomic E-state index is 0.898. The van der Waals surface area contributed by atoms with Gasteiger partial charge in [-0.15, -0.1) is 0 Å². The molecule has 1 fully saturated rings. The van der Waals surface area contributed by atoms with E-state index in [4.69, 9.17) is 0 Å². The van der Waals surface area contributed by atoms with Crippen molar-refractivity contribution in [2.45, 2.75) is 39.0 Å². The van der Waals surface area contributed by atoms with Gasteiger partial charge in [0.05, 0.1) is 0 Å². The summed E-state index contributed by atoms with van der Waals surface area (Å²) < 4.78 is 0. The van der Waals surface area contributed by atoms with E-state index in [9.17, 15) is 0 Å². The van der Waals surface area contributed by atoms with Crippen molar-refractivity contribution in [1.29, 1.82) is 0 Å². The first-order valence-corrected chi connectivity index (χ1v) is 6.22. The molecule has 1 aliphatic rings. The summed E-state index contributed by atoms with van der Waals surface area (Å²) in [6, 6.07) is 0. The molecule has 1 N–H and O–H groups in total. The average Bonchev–Trinajstić information content (AvgIpc) is 2.18.